The van der Waals surface area contributed by atoms with Crippen molar-refractivity contribution in [2.75, 3.05) is 10.0 Å². The number of rotatable bonds is 5. The molecule has 28 heavy (non-hydrogen) atoms. The van der Waals surface area contributed by atoms with Crippen molar-refractivity contribution in [1.82, 2.24) is 15.5 Å². The van der Waals surface area contributed by atoms with Gasteiger partial charge in [-0.05, 0) is 45.2 Å². The number of para-hydroxylation sites is 1. The molecule has 2 heterocycles. The summed E-state index contributed by atoms with van der Waals surface area (Å²) in [5.74, 6) is 0.841. The second kappa shape index (κ2) is 7.01. The molecule has 2 aromatic rings. The quantitative estimate of drug-likeness (QED) is 0.606. The van der Waals surface area contributed by atoms with E-state index < -0.39 is 10.0 Å². The SMILES string of the molecule is CC(C)NC(=O)O[C@@H]1CC[C@H](c2cc(Nc3cccc4c3NS4(=O)=O)n[nH]2)C1. The van der Waals surface area contributed by atoms with Crippen molar-refractivity contribution >= 4 is 33.3 Å². The minimum atomic E-state index is -3.35. The molecule has 1 aromatic carbocycles. The molecule has 4 rings (SSSR count). The molecular weight excluding hydrogens is 382 g/mol. The standard InChI is InChI=1S/C18H23N5O4S/c1-10(2)19-18(24)27-12-7-6-11(8-12)14-9-16(22-21-14)20-13-4-3-5-15-17(13)23-28(15,25)26/h3-5,9-12,23H,6-8H2,1-2H3,(H,19,24)(H2,20,21,22)/t11-,12+/m0/s1. The third-order valence-electron chi connectivity index (χ3n) is 4.92. The molecule has 1 aromatic heterocycles. The minimum Gasteiger partial charge on any atom is -0.446 e. The molecule has 10 heteroatoms. The zero-order valence-electron chi connectivity index (χ0n) is 15.7. The highest BCUT2D eigenvalue weighted by atomic mass is 32.2. The number of benzene rings is 1. The van der Waals surface area contributed by atoms with E-state index in [4.69, 9.17) is 4.74 Å². The van der Waals surface area contributed by atoms with Crippen molar-refractivity contribution in [1.29, 1.82) is 0 Å². The lowest BCUT2D eigenvalue weighted by Crippen LogP contribution is -2.33. The first-order valence-corrected chi connectivity index (χ1v) is 10.8. The Labute approximate surface area is 163 Å². The van der Waals surface area contributed by atoms with Gasteiger partial charge in [0.05, 0.1) is 11.4 Å². The zero-order chi connectivity index (χ0) is 19.9. The molecule has 9 nitrogen and oxygen atoms in total. The van der Waals surface area contributed by atoms with E-state index in [1.165, 1.54) is 0 Å². The van der Waals surface area contributed by atoms with Crippen LogP contribution in [0, 0.1) is 0 Å². The van der Waals surface area contributed by atoms with Crippen LogP contribution in [-0.2, 0) is 14.8 Å². The lowest BCUT2D eigenvalue weighted by atomic mass is 10.0. The fourth-order valence-corrected chi connectivity index (χ4v) is 4.74. The predicted octanol–water partition coefficient (Wildman–Crippen LogP) is 3.04. The van der Waals surface area contributed by atoms with Crippen LogP contribution in [-0.4, -0.2) is 36.9 Å². The Kier molecular flexibility index (Phi) is 4.66. The highest BCUT2D eigenvalue weighted by Crippen LogP contribution is 2.41. The van der Waals surface area contributed by atoms with Crippen LogP contribution in [0.1, 0.15) is 44.7 Å². The van der Waals surface area contributed by atoms with Crippen molar-refractivity contribution in [3.8, 4) is 0 Å². The number of nitrogens with zero attached hydrogens (tertiary/aromatic N) is 1. The topological polar surface area (TPSA) is 125 Å². The number of ether oxygens (including phenoxy) is 1. The van der Waals surface area contributed by atoms with Gasteiger partial charge in [-0.1, -0.05) is 6.07 Å². The van der Waals surface area contributed by atoms with Gasteiger partial charge in [0.15, 0.2) is 5.82 Å². The second-order valence-electron chi connectivity index (χ2n) is 7.45. The second-order valence-corrected chi connectivity index (χ2v) is 9.10. The van der Waals surface area contributed by atoms with E-state index in [9.17, 15) is 13.2 Å². The number of hydrogen-bond donors (Lipinski definition) is 4. The summed E-state index contributed by atoms with van der Waals surface area (Å²) in [6.07, 6.45) is 1.98. The molecule has 2 aliphatic rings. The number of alkyl carbamates (subject to hydrolysis) is 1. The van der Waals surface area contributed by atoms with Crippen molar-refractivity contribution in [2.45, 2.75) is 56.1 Å². The van der Waals surface area contributed by atoms with Crippen molar-refractivity contribution < 1.29 is 17.9 Å². The zero-order valence-corrected chi connectivity index (χ0v) is 16.5. The van der Waals surface area contributed by atoms with E-state index in [1.807, 2.05) is 19.9 Å². The first kappa shape index (κ1) is 18.6. The molecule has 0 saturated heterocycles. The molecule has 2 atom stereocenters. The van der Waals surface area contributed by atoms with Crippen LogP contribution in [0.15, 0.2) is 29.2 Å². The molecule has 1 aliphatic carbocycles. The minimum absolute atomic E-state index is 0.0469. The number of amides is 1. The summed E-state index contributed by atoms with van der Waals surface area (Å²) in [4.78, 5) is 12.0. The first-order valence-electron chi connectivity index (χ1n) is 9.27. The highest BCUT2D eigenvalue weighted by Gasteiger charge is 2.33. The third-order valence-corrected chi connectivity index (χ3v) is 6.31. The molecule has 150 valence electrons. The average Bonchev–Trinajstić information content (AvgIpc) is 3.24. The number of anilines is 3. The summed E-state index contributed by atoms with van der Waals surface area (Å²) in [5.41, 5.74) is 2.18. The third kappa shape index (κ3) is 3.64. The Bertz CT molecular complexity index is 1000. The summed E-state index contributed by atoms with van der Waals surface area (Å²) in [6.45, 7) is 3.78. The van der Waals surface area contributed by atoms with Crippen LogP contribution in [0.2, 0.25) is 0 Å². The molecular formula is C18H23N5O4S. The maximum atomic E-state index is 11.8. The summed E-state index contributed by atoms with van der Waals surface area (Å²) in [5, 5.41) is 13.2. The monoisotopic (exact) mass is 405 g/mol. The van der Waals surface area contributed by atoms with Gasteiger partial charge in [-0.25, -0.2) is 13.2 Å². The Morgan fingerprint density at radius 3 is 2.89 bits per heavy atom. The van der Waals surface area contributed by atoms with Crippen LogP contribution >= 0.6 is 0 Å². The number of fused-ring (bicyclic) bond motifs is 1. The number of carbonyl (C=O) groups excluding carboxylic acids is 1. The summed E-state index contributed by atoms with van der Waals surface area (Å²) in [7, 11) is -3.35. The predicted molar refractivity (Wildman–Crippen MR) is 104 cm³/mol. The smallest absolute Gasteiger partial charge is 0.407 e. The number of carbonyl (C=O) groups is 1. The molecule has 0 spiro atoms. The summed E-state index contributed by atoms with van der Waals surface area (Å²) >= 11 is 0. The summed E-state index contributed by atoms with van der Waals surface area (Å²) < 4.78 is 31.2. The number of nitrogens with one attached hydrogen (secondary N) is 4. The Balaban J connectivity index is 1.38. The number of aromatic nitrogens is 2. The van der Waals surface area contributed by atoms with Crippen LogP contribution < -0.4 is 15.4 Å². The van der Waals surface area contributed by atoms with E-state index in [-0.39, 0.29) is 29.1 Å². The molecule has 4 N–H and O–H groups in total. The van der Waals surface area contributed by atoms with E-state index in [2.05, 4.69) is 25.6 Å². The molecule has 1 saturated carbocycles. The van der Waals surface area contributed by atoms with Crippen LogP contribution in [0.4, 0.5) is 22.0 Å². The Morgan fingerprint density at radius 2 is 2.14 bits per heavy atom. The van der Waals surface area contributed by atoms with E-state index in [1.54, 1.807) is 18.2 Å². The van der Waals surface area contributed by atoms with Gasteiger partial charge in [-0.3, -0.25) is 9.82 Å². The van der Waals surface area contributed by atoms with Gasteiger partial charge in [-0.15, -0.1) is 0 Å². The van der Waals surface area contributed by atoms with Crippen molar-refractivity contribution in [3.05, 3.63) is 30.0 Å². The van der Waals surface area contributed by atoms with Crippen LogP contribution in [0.25, 0.3) is 0 Å². The molecule has 0 bridgehead atoms. The van der Waals surface area contributed by atoms with E-state index >= 15 is 0 Å². The highest BCUT2D eigenvalue weighted by molar-refractivity contribution is 7.94. The number of H-pyrrole nitrogens is 1. The fraction of sp³-hybridized carbons (Fsp3) is 0.444. The molecule has 1 fully saturated rings. The lowest BCUT2D eigenvalue weighted by molar-refractivity contribution is 0.0981. The fourth-order valence-electron chi connectivity index (χ4n) is 3.61. The van der Waals surface area contributed by atoms with Crippen LogP contribution in [0.5, 0.6) is 0 Å². The largest absolute Gasteiger partial charge is 0.446 e. The van der Waals surface area contributed by atoms with Gasteiger partial charge in [0, 0.05) is 23.7 Å². The number of aromatic amines is 1. The normalized spacial score (nSPS) is 22.1. The van der Waals surface area contributed by atoms with Gasteiger partial charge in [0.25, 0.3) is 10.0 Å². The summed E-state index contributed by atoms with van der Waals surface area (Å²) in [6, 6.07) is 7.01. The number of hydrogen-bond acceptors (Lipinski definition) is 6. The van der Waals surface area contributed by atoms with E-state index in [0.29, 0.717) is 17.2 Å². The van der Waals surface area contributed by atoms with E-state index in [0.717, 1.165) is 25.0 Å². The lowest BCUT2D eigenvalue weighted by Gasteiger charge is -2.24. The van der Waals surface area contributed by atoms with Gasteiger partial charge in [-0.2, -0.15) is 5.10 Å². The number of sulfonamides is 1. The molecule has 1 aliphatic heterocycles. The van der Waals surface area contributed by atoms with Crippen molar-refractivity contribution in [2.24, 2.45) is 0 Å². The van der Waals surface area contributed by atoms with Gasteiger partial charge in [0.2, 0.25) is 0 Å². The van der Waals surface area contributed by atoms with Gasteiger partial charge < -0.3 is 15.4 Å². The molecule has 1 amide bonds. The maximum absolute atomic E-state index is 11.8. The molecule has 0 radical (unpaired) electrons. The first-order chi connectivity index (χ1) is 13.3. The maximum Gasteiger partial charge on any atom is 0.407 e. The molecule has 0 unspecified atom stereocenters. The van der Waals surface area contributed by atoms with Crippen molar-refractivity contribution in [3.63, 3.8) is 0 Å². The Hall–Kier alpha value is -2.75. The van der Waals surface area contributed by atoms with Gasteiger partial charge in [0.1, 0.15) is 11.0 Å². The Morgan fingerprint density at radius 1 is 1.32 bits per heavy atom. The van der Waals surface area contributed by atoms with Gasteiger partial charge >= 0.3 is 6.09 Å². The average molecular weight is 405 g/mol. The van der Waals surface area contributed by atoms with Crippen LogP contribution in [0.3, 0.4) is 0 Å².